The van der Waals surface area contributed by atoms with Crippen LogP contribution in [0.3, 0.4) is 0 Å². The zero-order valence-corrected chi connectivity index (χ0v) is 17.2. The smallest absolute Gasteiger partial charge is 0.258 e. The number of hydrogen-bond acceptors (Lipinski definition) is 5. The fourth-order valence-corrected chi connectivity index (χ4v) is 3.60. The lowest BCUT2D eigenvalue weighted by atomic mass is 10.1. The lowest BCUT2D eigenvalue weighted by Gasteiger charge is -2.25. The summed E-state index contributed by atoms with van der Waals surface area (Å²) in [6, 6.07) is 9.90. The number of methoxy groups -OCH3 is 2. The Bertz CT molecular complexity index is 890. The highest BCUT2D eigenvalue weighted by Gasteiger charge is 2.35. The first-order valence-electron chi connectivity index (χ1n) is 9.45. The number of hydrogen-bond donors (Lipinski definition) is 1. The van der Waals surface area contributed by atoms with E-state index in [1.165, 1.54) is 7.11 Å². The maximum atomic E-state index is 13.0. The van der Waals surface area contributed by atoms with Crippen molar-refractivity contribution >= 4 is 23.4 Å². The van der Waals surface area contributed by atoms with E-state index in [0.29, 0.717) is 48.1 Å². The first kappa shape index (κ1) is 20.9. The minimum absolute atomic E-state index is 0.167. The number of rotatable bonds is 7. The van der Waals surface area contributed by atoms with Gasteiger partial charge in [-0.25, -0.2) is 4.98 Å². The second kappa shape index (κ2) is 9.60. The van der Waals surface area contributed by atoms with Gasteiger partial charge >= 0.3 is 0 Å². The highest BCUT2D eigenvalue weighted by Crippen LogP contribution is 2.27. The molecule has 2 aromatic rings. The number of aromatic nitrogens is 1. The maximum Gasteiger partial charge on any atom is 0.258 e. The van der Waals surface area contributed by atoms with E-state index in [0.717, 1.165) is 12.1 Å². The Hall–Kier alpha value is -2.80. The molecule has 0 radical (unpaired) electrons. The number of nitrogens with zero attached hydrogens (tertiary/aromatic N) is 2. The Labute approximate surface area is 175 Å². The van der Waals surface area contributed by atoms with Gasteiger partial charge in [0.05, 0.1) is 19.8 Å². The zero-order chi connectivity index (χ0) is 20.8. The molecule has 1 N–H and O–H groups in total. The second-order valence-electron chi connectivity index (χ2n) is 6.71. The van der Waals surface area contributed by atoms with Crippen LogP contribution in [0.25, 0.3) is 0 Å². The zero-order valence-electron chi connectivity index (χ0n) is 16.5. The molecule has 1 aliphatic heterocycles. The third-order valence-corrected chi connectivity index (χ3v) is 5.11. The van der Waals surface area contributed by atoms with Crippen molar-refractivity contribution in [1.29, 1.82) is 0 Å². The average Bonchev–Trinajstić information content (AvgIpc) is 3.23. The summed E-state index contributed by atoms with van der Waals surface area (Å²) in [6.45, 7) is 0.946. The fourth-order valence-electron chi connectivity index (χ4n) is 3.43. The molecule has 154 valence electrons. The number of carbonyl (C=O) groups is 2. The molecule has 0 aliphatic carbocycles. The van der Waals surface area contributed by atoms with Crippen LogP contribution in [0.5, 0.6) is 11.6 Å². The summed E-state index contributed by atoms with van der Waals surface area (Å²) in [7, 11) is 3.06. The first-order valence-corrected chi connectivity index (χ1v) is 9.83. The molecule has 0 spiro atoms. The summed E-state index contributed by atoms with van der Waals surface area (Å²) >= 11 is 6.05. The van der Waals surface area contributed by atoms with Gasteiger partial charge < -0.3 is 19.7 Å². The molecule has 2 amide bonds. The van der Waals surface area contributed by atoms with Gasteiger partial charge in [0.25, 0.3) is 5.91 Å². The number of amides is 2. The van der Waals surface area contributed by atoms with Crippen LogP contribution in [0, 0.1) is 0 Å². The number of likely N-dealkylation sites (tertiary alicyclic amines) is 1. The summed E-state index contributed by atoms with van der Waals surface area (Å²) in [5.41, 5.74) is 1.19. The quantitative estimate of drug-likeness (QED) is 0.749. The lowest BCUT2D eigenvalue weighted by Crippen LogP contribution is -2.46. The number of pyridine rings is 1. The molecule has 7 nitrogen and oxygen atoms in total. The fraction of sp³-hybridized carbons (Fsp3) is 0.381. The van der Waals surface area contributed by atoms with Crippen LogP contribution in [0.15, 0.2) is 36.4 Å². The molecule has 1 aromatic carbocycles. The van der Waals surface area contributed by atoms with Gasteiger partial charge in [-0.15, -0.1) is 0 Å². The van der Waals surface area contributed by atoms with Gasteiger partial charge in [0.15, 0.2) is 0 Å². The van der Waals surface area contributed by atoms with Gasteiger partial charge in [0, 0.05) is 36.3 Å². The van der Waals surface area contributed by atoms with Crippen molar-refractivity contribution in [1.82, 2.24) is 15.2 Å². The van der Waals surface area contributed by atoms with E-state index < -0.39 is 6.04 Å². The standard InChI is InChI=1S/C21H24ClN3O4/c1-28-18-9-8-14(22)13-16(18)21(27)25-12-4-6-17(25)20(26)23-11-10-15-5-3-7-19(24-15)29-2/h3,5,7-9,13,17H,4,6,10-12H2,1-2H3,(H,23,26)/t17-/m0/s1. The van der Waals surface area contributed by atoms with Gasteiger partial charge in [-0.05, 0) is 37.1 Å². The van der Waals surface area contributed by atoms with E-state index in [1.54, 1.807) is 36.3 Å². The normalized spacial score (nSPS) is 15.8. The molecule has 1 aliphatic rings. The van der Waals surface area contributed by atoms with Crippen LogP contribution in [0.2, 0.25) is 5.02 Å². The van der Waals surface area contributed by atoms with Crippen molar-refractivity contribution < 1.29 is 19.1 Å². The van der Waals surface area contributed by atoms with E-state index in [9.17, 15) is 9.59 Å². The highest BCUT2D eigenvalue weighted by atomic mass is 35.5. The van der Waals surface area contributed by atoms with E-state index in [2.05, 4.69) is 10.3 Å². The largest absolute Gasteiger partial charge is 0.496 e. The Morgan fingerprint density at radius 1 is 1.24 bits per heavy atom. The topological polar surface area (TPSA) is 80.8 Å². The van der Waals surface area contributed by atoms with Gasteiger partial charge in [-0.1, -0.05) is 17.7 Å². The third kappa shape index (κ3) is 4.98. The predicted molar refractivity (Wildman–Crippen MR) is 110 cm³/mol. The monoisotopic (exact) mass is 417 g/mol. The molecule has 29 heavy (non-hydrogen) atoms. The molecule has 3 rings (SSSR count). The van der Waals surface area contributed by atoms with Crippen LogP contribution in [0.1, 0.15) is 28.9 Å². The summed E-state index contributed by atoms with van der Waals surface area (Å²) in [5, 5.41) is 3.36. The molecule has 1 saturated heterocycles. The predicted octanol–water partition coefficient (Wildman–Crippen LogP) is 2.72. The van der Waals surface area contributed by atoms with Gasteiger partial charge in [-0.2, -0.15) is 0 Å². The van der Waals surface area contributed by atoms with Crippen LogP contribution >= 0.6 is 11.6 Å². The molecule has 1 aromatic heterocycles. The highest BCUT2D eigenvalue weighted by molar-refractivity contribution is 6.31. The van der Waals surface area contributed by atoms with Crippen LogP contribution in [0.4, 0.5) is 0 Å². The summed E-state index contributed by atoms with van der Waals surface area (Å²) in [4.78, 5) is 31.7. The molecule has 0 saturated carbocycles. The molecule has 0 unspecified atom stereocenters. The maximum absolute atomic E-state index is 13.0. The minimum Gasteiger partial charge on any atom is -0.496 e. The number of nitrogens with one attached hydrogen (secondary N) is 1. The molecule has 1 fully saturated rings. The van der Waals surface area contributed by atoms with Crippen molar-refractivity contribution in [2.45, 2.75) is 25.3 Å². The number of halogens is 1. The van der Waals surface area contributed by atoms with Gasteiger partial charge in [-0.3, -0.25) is 9.59 Å². The van der Waals surface area contributed by atoms with Gasteiger partial charge in [0.1, 0.15) is 11.8 Å². The van der Waals surface area contributed by atoms with E-state index in [1.807, 2.05) is 12.1 Å². The number of carbonyl (C=O) groups excluding carboxylic acids is 2. The van der Waals surface area contributed by atoms with Crippen molar-refractivity contribution in [3.05, 3.63) is 52.7 Å². The van der Waals surface area contributed by atoms with Crippen molar-refractivity contribution in [2.75, 3.05) is 27.3 Å². The third-order valence-electron chi connectivity index (χ3n) is 4.88. The number of benzene rings is 1. The molecule has 1 atom stereocenters. The summed E-state index contributed by atoms with van der Waals surface area (Å²) in [6.07, 6.45) is 1.97. The Balaban J connectivity index is 1.63. The second-order valence-corrected chi connectivity index (χ2v) is 7.15. The summed E-state index contributed by atoms with van der Waals surface area (Å²) in [5.74, 6) is 0.558. The minimum atomic E-state index is -0.510. The Morgan fingerprint density at radius 2 is 2.07 bits per heavy atom. The molecule has 8 heteroatoms. The molecule has 2 heterocycles. The van der Waals surface area contributed by atoms with Crippen LogP contribution < -0.4 is 14.8 Å². The lowest BCUT2D eigenvalue weighted by molar-refractivity contribution is -0.124. The SMILES string of the molecule is COc1cccc(CCNC(=O)[C@@H]2CCCN2C(=O)c2cc(Cl)ccc2OC)n1. The molecular formula is C21H24ClN3O4. The van der Waals surface area contributed by atoms with Crippen LogP contribution in [-0.4, -0.2) is 55.0 Å². The van der Waals surface area contributed by atoms with Crippen molar-refractivity contribution in [2.24, 2.45) is 0 Å². The van der Waals surface area contributed by atoms with E-state index >= 15 is 0 Å². The Kier molecular flexibility index (Phi) is 6.93. The van der Waals surface area contributed by atoms with E-state index in [4.69, 9.17) is 21.1 Å². The molecular weight excluding hydrogens is 394 g/mol. The summed E-state index contributed by atoms with van der Waals surface area (Å²) < 4.78 is 10.4. The average molecular weight is 418 g/mol. The van der Waals surface area contributed by atoms with Gasteiger partial charge in [0.2, 0.25) is 11.8 Å². The van der Waals surface area contributed by atoms with Crippen LogP contribution in [-0.2, 0) is 11.2 Å². The first-order chi connectivity index (χ1) is 14.0. The van der Waals surface area contributed by atoms with E-state index in [-0.39, 0.29) is 11.8 Å². The van der Waals surface area contributed by atoms with Crippen molar-refractivity contribution in [3.8, 4) is 11.6 Å². The van der Waals surface area contributed by atoms with Crippen molar-refractivity contribution in [3.63, 3.8) is 0 Å². The molecule has 0 bridgehead atoms. The Morgan fingerprint density at radius 3 is 2.83 bits per heavy atom. The number of ether oxygens (including phenoxy) is 2.